The Bertz CT molecular complexity index is 2980. The fourth-order valence-corrected chi connectivity index (χ4v) is 7.31. The van der Waals surface area contributed by atoms with Crippen LogP contribution in [0.1, 0.15) is 36.1 Å². The third-order valence-electron chi connectivity index (χ3n) is 9.62. The summed E-state index contributed by atoms with van der Waals surface area (Å²) in [6, 6.07) is 49.3. The number of para-hydroxylation sites is 2. The predicted molar refractivity (Wildman–Crippen MR) is 213 cm³/mol. The molecule has 0 amide bonds. The van der Waals surface area contributed by atoms with Gasteiger partial charge >= 0.3 is 0 Å². The van der Waals surface area contributed by atoms with E-state index < -0.39 is 0 Å². The van der Waals surface area contributed by atoms with Crippen LogP contribution in [-0.4, -0.2) is 9.13 Å². The highest BCUT2D eigenvalue weighted by molar-refractivity contribution is 6.12. The van der Waals surface area contributed by atoms with Crippen LogP contribution in [0, 0.1) is 34.0 Å². The van der Waals surface area contributed by atoms with E-state index in [0.29, 0.717) is 16.7 Å². The molecule has 0 aliphatic rings. The summed E-state index contributed by atoms with van der Waals surface area (Å²) in [6.07, 6.45) is 4.28. The fourth-order valence-electron chi connectivity index (χ4n) is 7.31. The smallest absolute Gasteiger partial charge is 0.0992 e. The van der Waals surface area contributed by atoms with Crippen LogP contribution in [0.2, 0.25) is 0 Å². The molecule has 0 atom stereocenters. The summed E-state index contributed by atoms with van der Waals surface area (Å²) in [5, 5.41) is 33.7. The van der Waals surface area contributed by atoms with E-state index in [-0.39, 0.29) is 0 Å². The highest BCUT2D eigenvalue weighted by Gasteiger charge is 2.18. The van der Waals surface area contributed by atoms with Crippen molar-refractivity contribution in [2.75, 3.05) is 0 Å². The number of aromatic nitrogens is 2. The Labute approximate surface area is 301 Å². The number of nitriles is 3. The van der Waals surface area contributed by atoms with Gasteiger partial charge in [-0.25, -0.2) is 0 Å². The van der Waals surface area contributed by atoms with Crippen LogP contribution < -0.4 is 0 Å². The molecule has 52 heavy (non-hydrogen) atoms. The van der Waals surface area contributed by atoms with Crippen molar-refractivity contribution in [2.45, 2.75) is 13.8 Å². The zero-order valence-corrected chi connectivity index (χ0v) is 28.7. The van der Waals surface area contributed by atoms with Crippen LogP contribution in [0.4, 0.5) is 0 Å². The van der Waals surface area contributed by atoms with Crippen molar-refractivity contribution >= 4 is 54.9 Å². The van der Waals surface area contributed by atoms with Gasteiger partial charge in [0, 0.05) is 32.8 Å². The Balaban J connectivity index is 1.31. The highest BCUT2D eigenvalue weighted by atomic mass is 15.0. The molecule has 5 nitrogen and oxygen atoms in total. The van der Waals surface area contributed by atoms with Gasteiger partial charge in [0.05, 0.1) is 62.7 Å². The maximum atomic E-state index is 9.99. The second kappa shape index (κ2) is 12.8. The first-order valence-electron chi connectivity index (χ1n) is 17.0. The number of allylic oxidation sites excluding steroid dienone is 5. The van der Waals surface area contributed by atoms with Gasteiger partial charge < -0.3 is 9.13 Å². The zero-order valence-electron chi connectivity index (χ0n) is 28.7. The van der Waals surface area contributed by atoms with Gasteiger partial charge in [0.15, 0.2) is 0 Å². The molecule has 2 heterocycles. The SMILES string of the molecule is C=C(C)/C=C(\C=C(/C)c1cccc(-c2ccc(C#N)cc2-n2c3ccccc3c3ccc(C#N)cc32)c1)n1c2ccccc2c2cc(C#N)ccc21. The molecule has 8 rings (SSSR count). The first-order valence-corrected chi connectivity index (χ1v) is 17.0. The summed E-state index contributed by atoms with van der Waals surface area (Å²) < 4.78 is 4.41. The van der Waals surface area contributed by atoms with E-state index in [1.54, 1.807) is 0 Å². The minimum absolute atomic E-state index is 0.552. The Morgan fingerprint density at radius 2 is 1.17 bits per heavy atom. The summed E-state index contributed by atoms with van der Waals surface area (Å²) in [4.78, 5) is 0. The molecule has 0 saturated carbocycles. The average molecular weight is 666 g/mol. The monoisotopic (exact) mass is 665 g/mol. The van der Waals surface area contributed by atoms with E-state index in [9.17, 15) is 15.8 Å². The fraction of sp³-hybridized carbons (Fsp3) is 0.0426. The number of fused-ring (bicyclic) bond motifs is 6. The lowest BCUT2D eigenvalue weighted by molar-refractivity contribution is 1.18. The Hall–Kier alpha value is -7.39. The molecular formula is C47H31N5. The van der Waals surface area contributed by atoms with E-state index in [2.05, 4.69) is 102 Å². The van der Waals surface area contributed by atoms with Crippen molar-refractivity contribution in [2.24, 2.45) is 0 Å². The van der Waals surface area contributed by atoms with E-state index in [0.717, 1.165) is 82.8 Å². The van der Waals surface area contributed by atoms with Crippen LogP contribution >= 0.6 is 0 Å². The van der Waals surface area contributed by atoms with Gasteiger partial charge in [-0.05, 0) is 103 Å². The number of hydrogen-bond donors (Lipinski definition) is 0. The van der Waals surface area contributed by atoms with Crippen molar-refractivity contribution in [3.8, 4) is 35.0 Å². The van der Waals surface area contributed by atoms with Crippen LogP contribution in [-0.2, 0) is 0 Å². The van der Waals surface area contributed by atoms with Crippen molar-refractivity contribution in [3.63, 3.8) is 0 Å². The summed E-state index contributed by atoms with van der Waals surface area (Å²) >= 11 is 0. The van der Waals surface area contributed by atoms with Crippen LogP contribution in [0.25, 0.3) is 71.7 Å². The second-order valence-corrected chi connectivity index (χ2v) is 13.1. The maximum Gasteiger partial charge on any atom is 0.0992 e. The normalized spacial score (nSPS) is 11.9. The van der Waals surface area contributed by atoms with Gasteiger partial charge in [0.2, 0.25) is 0 Å². The summed E-state index contributed by atoms with van der Waals surface area (Å²) in [5.74, 6) is 0. The van der Waals surface area contributed by atoms with Crippen molar-refractivity contribution in [1.29, 1.82) is 15.8 Å². The van der Waals surface area contributed by atoms with E-state index in [1.807, 2.05) is 85.8 Å². The van der Waals surface area contributed by atoms with Crippen molar-refractivity contribution in [3.05, 3.63) is 174 Å². The molecule has 0 unspecified atom stereocenters. The first kappa shape index (κ1) is 31.9. The lowest BCUT2D eigenvalue weighted by Gasteiger charge is -2.16. The second-order valence-electron chi connectivity index (χ2n) is 13.1. The van der Waals surface area contributed by atoms with Gasteiger partial charge in [0.1, 0.15) is 0 Å². The summed E-state index contributed by atoms with van der Waals surface area (Å²) in [6.45, 7) is 8.33. The van der Waals surface area contributed by atoms with Gasteiger partial charge in [-0.3, -0.25) is 0 Å². The first-order chi connectivity index (χ1) is 25.4. The molecule has 0 radical (unpaired) electrons. The van der Waals surface area contributed by atoms with Crippen LogP contribution in [0.5, 0.6) is 0 Å². The molecule has 6 aromatic carbocycles. The highest BCUT2D eigenvalue weighted by Crippen LogP contribution is 2.38. The van der Waals surface area contributed by atoms with E-state index in [1.165, 1.54) is 0 Å². The van der Waals surface area contributed by atoms with Gasteiger partial charge in [-0.15, -0.1) is 0 Å². The lowest BCUT2D eigenvalue weighted by Crippen LogP contribution is -1.99. The number of nitrogens with zero attached hydrogens (tertiary/aromatic N) is 5. The summed E-state index contributed by atoms with van der Waals surface area (Å²) in [5.41, 5.74) is 12.5. The molecule has 0 fully saturated rings. The van der Waals surface area contributed by atoms with Crippen molar-refractivity contribution in [1.82, 2.24) is 9.13 Å². The topological polar surface area (TPSA) is 81.2 Å². The molecule has 0 N–H and O–H groups in total. The maximum absolute atomic E-state index is 9.99. The molecule has 0 saturated heterocycles. The zero-order chi connectivity index (χ0) is 35.9. The molecule has 0 spiro atoms. The summed E-state index contributed by atoms with van der Waals surface area (Å²) in [7, 11) is 0. The molecule has 2 aromatic heterocycles. The van der Waals surface area contributed by atoms with E-state index >= 15 is 0 Å². The minimum atomic E-state index is 0.552. The quantitative estimate of drug-likeness (QED) is 0.166. The number of rotatable bonds is 6. The van der Waals surface area contributed by atoms with Crippen LogP contribution in [0.15, 0.2) is 152 Å². The molecule has 0 bridgehead atoms. The third kappa shape index (κ3) is 5.33. The van der Waals surface area contributed by atoms with Gasteiger partial charge in [-0.2, -0.15) is 15.8 Å². The van der Waals surface area contributed by atoms with Gasteiger partial charge in [-0.1, -0.05) is 78.9 Å². The minimum Gasteiger partial charge on any atom is -0.309 e. The Morgan fingerprint density at radius 3 is 1.92 bits per heavy atom. The largest absolute Gasteiger partial charge is 0.309 e. The molecule has 5 heteroatoms. The Morgan fingerprint density at radius 1 is 0.558 bits per heavy atom. The van der Waals surface area contributed by atoms with Crippen LogP contribution in [0.3, 0.4) is 0 Å². The Kier molecular flexibility index (Phi) is 7.85. The molecule has 0 aliphatic carbocycles. The average Bonchev–Trinajstić information content (AvgIpc) is 3.69. The predicted octanol–water partition coefficient (Wildman–Crippen LogP) is 11.7. The number of hydrogen-bond acceptors (Lipinski definition) is 3. The number of benzene rings is 6. The molecular weight excluding hydrogens is 635 g/mol. The van der Waals surface area contributed by atoms with Crippen molar-refractivity contribution < 1.29 is 0 Å². The molecule has 0 aliphatic heterocycles. The molecule has 8 aromatic rings. The van der Waals surface area contributed by atoms with Gasteiger partial charge in [0.25, 0.3) is 0 Å². The lowest BCUT2D eigenvalue weighted by atomic mass is 9.96. The standard InChI is InChI=1S/C47H31N5/c1-30(2)21-37(51-43-13-6-5-12-40(43)42-23-32(27-48)17-20-45(42)51)22-31(3)35-9-8-10-36(26-35)38-18-15-33(28-49)24-46(38)52-44-14-7-4-11-39(44)41-19-16-34(29-50)25-47(41)52/h4-26H,1H2,2-3H3/b31-22+,37-21+. The molecule has 244 valence electrons. The van der Waals surface area contributed by atoms with E-state index in [4.69, 9.17) is 0 Å². The third-order valence-corrected chi connectivity index (χ3v) is 9.62.